The van der Waals surface area contributed by atoms with Crippen LogP contribution in [0, 0.1) is 35.4 Å². The molecule has 0 aliphatic heterocycles. The number of rotatable bonds is 4. The zero-order valence-corrected chi connectivity index (χ0v) is 21.1. The van der Waals surface area contributed by atoms with E-state index in [1.807, 2.05) is 0 Å². The molecule has 4 nitrogen and oxygen atoms in total. The summed E-state index contributed by atoms with van der Waals surface area (Å²) in [6.45, 7) is 2.09. The smallest absolute Gasteiger partial charge is 0.423 e. The number of hydrogen-bond acceptors (Lipinski definition) is 4. The molecular weight excluding hydrogens is 459 g/mol. The van der Waals surface area contributed by atoms with Gasteiger partial charge in [0.2, 0.25) is 11.6 Å². The van der Waals surface area contributed by atoms with E-state index >= 15 is 0 Å². The van der Waals surface area contributed by atoms with Gasteiger partial charge in [-0.15, -0.1) is 6.07 Å². The molecule has 0 radical (unpaired) electrons. The summed E-state index contributed by atoms with van der Waals surface area (Å²) < 4.78 is 51.8. The Kier molecular flexibility index (Phi) is 9.06. The summed E-state index contributed by atoms with van der Waals surface area (Å²) in [5.74, 6) is -6.80. The van der Waals surface area contributed by atoms with Crippen LogP contribution in [0.4, 0.5) is 13.2 Å². The van der Waals surface area contributed by atoms with Crippen molar-refractivity contribution in [2.45, 2.75) is 32.6 Å². The van der Waals surface area contributed by atoms with Gasteiger partial charge in [-0.25, -0.2) is 4.79 Å². The molecule has 0 heterocycles. The van der Waals surface area contributed by atoms with Crippen LogP contribution in [-0.2, 0) is 4.79 Å². The molecule has 1 aliphatic carbocycles. The van der Waals surface area contributed by atoms with Gasteiger partial charge in [-0.05, 0) is 49.3 Å². The maximum absolute atomic E-state index is 14.3. The number of ether oxygens (including phenoxy) is 2. The number of esters is 2. The minimum atomic E-state index is -1.50. The standard InChI is InChI=1S/C21H18F3O4.Rb/c1-12-6-8-13(9-7-12)20(25)27-16-10-11-17(19(24)18(16)23)28-21(26)14-4-2-3-5-15(14)22;/h2,4-5,10-13H,6-9H2,1H3;/q-1;+1. The first-order valence-electron chi connectivity index (χ1n) is 8.94. The van der Waals surface area contributed by atoms with Crippen molar-refractivity contribution in [2.24, 2.45) is 11.8 Å². The number of carbonyl (C=O) groups is 2. The topological polar surface area (TPSA) is 52.6 Å². The third-order valence-electron chi connectivity index (χ3n) is 4.81. The van der Waals surface area contributed by atoms with E-state index < -0.39 is 46.5 Å². The quantitative estimate of drug-likeness (QED) is 0.384. The number of benzene rings is 2. The van der Waals surface area contributed by atoms with Gasteiger partial charge in [0.25, 0.3) is 0 Å². The van der Waals surface area contributed by atoms with Crippen LogP contribution >= 0.6 is 0 Å². The van der Waals surface area contributed by atoms with Crippen LogP contribution in [0.2, 0.25) is 0 Å². The normalized spacial score (nSPS) is 18.5. The molecular formula is C21H18F3O4Rb. The SMILES string of the molecule is CC1CCC(C(=O)Oc2ccc(OC(=O)c3cc[c-]cc3F)c(F)c2F)CC1.[Rb+]. The van der Waals surface area contributed by atoms with Gasteiger partial charge in [0.15, 0.2) is 11.5 Å². The molecule has 0 aromatic heterocycles. The molecule has 0 spiro atoms. The molecule has 8 heteroatoms. The van der Waals surface area contributed by atoms with Gasteiger partial charge in [0, 0.05) is 5.82 Å². The zero-order valence-electron chi connectivity index (χ0n) is 16.1. The van der Waals surface area contributed by atoms with Crippen molar-refractivity contribution in [3.8, 4) is 11.5 Å². The largest absolute Gasteiger partial charge is 1.00 e. The maximum atomic E-state index is 14.3. The Morgan fingerprint density at radius 1 is 0.966 bits per heavy atom. The first-order chi connectivity index (χ1) is 13.4. The summed E-state index contributed by atoms with van der Waals surface area (Å²) in [7, 11) is 0. The van der Waals surface area contributed by atoms with Gasteiger partial charge in [0.05, 0.1) is 5.92 Å². The molecule has 3 rings (SSSR count). The van der Waals surface area contributed by atoms with E-state index in [1.54, 1.807) is 0 Å². The minimum Gasteiger partial charge on any atom is -0.423 e. The van der Waals surface area contributed by atoms with Crippen LogP contribution in [0.3, 0.4) is 0 Å². The van der Waals surface area contributed by atoms with E-state index in [0.29, 0.717) is 18.8 Å². The molecule has 0 amide bonds. The summed E-state index contributed by atoms with van der Waals surface area (Å²) in [6.07, 6.45) is 3.03. The average molecular weight is 477 g/mol. The molecule has 0 atom stereocenters. The fourth-order valence-electron chi connectivity index (χ4n) is 3.09. The number of carbonyl (C=O) groups excluding carboxylic acids is 2. The maximum Gasteiger partial charge on any atom is 1.00 e. The molecule has 0 unspecified atom stereocenters. The van der Waals surface area contributed by atoms with Crippen LogP contribution in [0.1, 0.15) is 43.0 Å². The fourth-order valence-corrected chi connectivity index (χ4v) is 3.09. The van der Waals surface area contributed by atoms with Crippen molar-refractivity contribution in [1.82, 2.24) is 0 Å². The van der Waals surface area contributed by atoms with Crippen LogP contribution in [-0.4, -0.2) is 11.9 Å². The molecule has 148 valence electrons. The van der Waals surface area contributed by atoms with Gasteiger partial charge in [-0.2, -0.15) is 27.0 Å². The molecule has 0 N–H and O–H groups in total. The summed E-state index contributed by atoms with van der Waals surface area (Å²) >= 11 is 0. The first kappa shape index (κ1) is 24.2. The van der Waals surface area contributed by atoms with Gasteiger partial charge >= 0.3 is 70.1 Å². The Morgan fingerprint density at radius 2 is 1.55 bits per heavy atom. The summed E-state index contributed by atoms with van der Waals surface area (Å²) in [5, 5.41) is 0. The van der Waals surface area contributed by atoms with Crippen molar-refractivity contribution in [3.05, 3.63) is 59.4 Å². The molecule has 2 aromatic rings. The van der Waals surface area contributed by atoms with Crippen molar-refractivity contribution in [3.63, 3.8) is 0 Å². The fraction of sp³-hybridized carbons (Fsp3) is 0.333. The second-order valence-corrected chi connectivity index (χ2v) is 6.86. The van der Waals surface area contributed by atoms with Crippen LogP contribution in [0.15, 0.2) is 30.3 Å². The summed E-state index contributed by atoms with van der Waals surface area (Å²) in [6, 6.07) is 7.69. The molecule has 1 fully saturated rings. The van der Waals surface area contributed by atoms with Crippen molar-refractivity contribution in [2.75, 3.05) is 0 Å². The van der Waals surface area contributed by atoms with Gasteiger partial charge in [0.1, 0.15) is 0 Å². The van der Waals surface area contributed by atoms with E-state index in [4.69, 9.17) is 9.47 Å². The average Bonchev–Trinajstić information content (AvgIpc) is 2.68. The van der Waals surface area contributed by atoms with Gasteiger partial charge < -0.3 is 9.47 Å². The Balaban J connectivity index is 0.00000300. The summed E-state index contributed by atoms with van der Waals surface area (Å²) in [4.78, 5) is 24.1. The van der Waals surface area contributed by atoms with E-state index in [2.05, 4.69) is 13.0 Å². The third-order valence-corrected chi connectivity index (χ3v) is 4.81. The zero-order chi connectivity index (χ0) is 20.3. The molecule has 0 bridgehead atoms. The predicted octanol–water partition coefficient (Wildman–Crippen LogP) is 1.86. The van der Waals surface area contributed by atoms with Gasteiger partial charge in [-0.3, -0.25) is 9.18 Å². The van der Waals surface area contributed by atoms with Crippen LogP contribution < -0.4 is 67.7 Å². The van der Waals surface area contributed by atoms with Crippen molar-refractivity contribution >= 4 is 11.9 Å². The molecule has 0 saturated heterocycles. The molecule has 2 aromatic carbocycles. The third kappa shape index (κ3) is 6.00. The van der Waals surface area contributed by atoms with Crippen molar-refractivity contribution in [1.29, 1.82) is 0 Å². The van der Waals surface area contributed by atoms with Gasteiger partial charge in [-0.1, -0.05) is 6.92 Å². The molecule has 1 saturated carbocycles. The first-order valence-corrected chi connectivity index (χ1v) is 8.94. The summed E-state index contributed by atoms with van der Waals surface area (Å²) in [5.41, 5.74) is -0.444. The Labute approximate surface area is 215 Å². The van der Waals surface area contributed by atoms with Crippen LogP contribution in [0.5, 0.6) is 11.5 Å². The number of hydrogen-bond donors (Lipinski definition) is 0. The molecule has 1 aliphatic rings. The molecule has 29 heavy (non-hydrogen) atoms. The van der Waals surface area contributed by atoms with E-state index in [1.165, 1.54) is 6.07 Å². The minimum absolute atomic E-state index is 0. The van der Waals surface area contributed by atoms with E-state index in [-0.39, 0.29) is 64.1 Å². The Bertz CT molecular complexity index is 895. The predicted molar refractivity (Wildman–Crippen MR) is 93.3 cm³/mol. The Morgan fingerprint density at radius 3 is 2.14 bits per heavy atom. The monoisotopic (exact) mass is 476 g/mol. The second-order valence-electron chi connectivity index (χ2n) is 6.86. The number of halogens is 3. The van der Waals surface area contributed by atoms with Crippen molar-refractivity contribution < 1.29 is 90.4 Å². The van der Waals surface area contributed by atoms with E-state index in [0.717, 1.165) is 37.1 Å². The second kappa shape index (κ2) is 10.8. The van der Waals surface area contributed by atoms with Crippen LogP contribution in [0.25, 0.3) is 0 Å². The van der Waals surface area contributed by atoms with E-state index in [9.17, 15) is 22.8 Å². The Hall–Kier alpha value is -1.02.